The summed E-state index contributed by atoms with van der Waals surface area (Å²) in [7, 11) is 0. The topological polar surface area (TPSA) is 163 Å². The van der Waals surface area contributed by atoms with E-state index in [1.54, 1.807) is 54.9 Å². The standard InChI is InChI=1S/C45H51F3N10O4/c1-4-20-57-42(61)34-26-49-43(54-40(34)58(57)38-7-5-6-37(52-38)44(2,3)62)51-30-8-11-32(12-9-30)56-23-16-28(17-24-56)27-55-21-18-29(19-22-55)33-13-10-31(25-35(33)45(46,47)48)50-36-14-15-39(59)53-41(36)60/h4-13,25-26,28-29,36,50,62H,1,14-24,27H2,2-3H3,(H,49,51,54)(H,53,59,60). The van der Waals surface area contributed by atoms with Crippen LogP contribution in [0.3, 0.4) is 0 Å². The van der Waals surface area contributed by atoms with Gasteiger partial charge in [0.25, 0.3) is 5.56 Å². The molecule has 326 valence electrons. The molecular weight excluding hydrogens is 802 g/mol. The minimum atomic E-state index is -4.54. The zero-order valence-corrected chi connectivity index (χ0v) is 34.8. The Morgan fingerprint density at radius 2 is 1.65 bits per heavy atom. The number of alkyl halides is 3. The number of aliphatic hydroxyl groups is 1. The van der Waals surface area contributed by atoms with Gasteiger partial charge in [-0.1, -0.05) is 18.2 Å². The first-order valence-electron chi connectivity index (χ1n) is 21.1. The van der Waals surface area contributed by atoms with Gasteiger partial charge in [0.2, 0.25) is 17.8 Å². The number of amides is 2. The highest BCUT2D eigenvalue weighted by Gasteiger charge is 2.37. The second-order valence-electron chi connectivity index (χ2n) is 17.0. The van der Waals surface area contributed by atoms with Crippen LogP contribution in [0.25, 0.3) is 16.9 Å². The van der Waals surface area contributed by atoms with E-state index >= 15 is 0 Å². The lowest BCUT2D eigenvalue weighted by Gasteiger charge is -2.39. The number of hydrogen-bond donors (Lipinski definition) is 4. The molecule has 3 fully saturated rings. The molecule has 3 saturated heterocycles. The van der Waals surface area contributed by atoms with E-state index in [-0.39, 0.29) is 42.5 Å². The summed E-state index contributed by atoms with van der Waals surface area (Å²) in [5, 5.41) is 19.3. The van der Waals surface area contributed by atoms with Crippen molar-refractivity contribution in [2.75, 3.05) is 48.3 Å². The molecule has 0 saturated carbocycles. The Hall–Kier alpha value is -6.07. The summed E-state index contributed by atoms with van der Waals surface area (Å²) in [6.07, 6.45) is 2.23. The van der Waals surface area contributed by atoms with Gasteiger partial charge in [-0.3, -0.25) is 19.7 Å². The fourth-order valence-corrected chi connectivity index (χ4v) is 8.82. The average Bonchev–Trinajstić information content (AvgIpc) is 3.52. The van der Waals surface area contributed by atoms with Gasteiger partial charge in [0.15, 0.2) is 11.5 Å². The van der Waals surface area contributed by atoms with Gasteiger partial charge >= 0.3 is 6.18 Å². The molecule has 3 aliphatic heterocycles. The van der Waals surface area contributed by atoms with Crippen molar-refractivity contribution >= 4 is 45.9 Å². The number of allylic oxidation sites excluding steroid dienone is 1. The van der Waals surface area contributed by atoms with Crippen LogP contribution in [0.2, 0.25) is 0 Å². The second-order valence-corrected chi connectivity index (χ2v) is 17.0. The number of nitrogens with one attached hydrogen (secondary N) is 3. The fraction of sp³-hybridized carbons (Fsp3) is 0.422. The maximum atomic E-state index is 14.3. The summed E-state index contributed by atoms with van der Waals surface area (Å²) in [6.45, 7) is 11.5. The highest BCUT2D eigenvalue weighted by molar-refractivity contribution is 6.01. The Bertz CT molecular complexity index is 2510. The number of nitrogens with zero attached hydrogens (tertiary/aromatic N) is 7. The van der Waals surface area contributed by atoms with Crippen LogP contribution in [0.5, 0.6) is 0 Å². The number of carbonyl (C=O) groups excluding carboxylic acids is 2. The molecule has 14 nitrogen and oxygen atoms in total. The van der Waals surface area contributed by atoms with E-state index in [9.17, 15) is 32.7 Å². The Labute approximate surface area is 356 Å². The third-order valence-electron chi connectivity index (χ3n) is 12.1. The Morgan fingerprint density at radius 3 is 2.32 bits per heavy atom. The molecule has 0 radical (unpaired) electrons. The van der Waals surface area contributed by atoms with E-state index in [1.165, 1.54) is 10.9 Å². The third-order valence-corrected chi connectivity index (χ3v) is 12.1. The van der Waals surface area contributed by atoms with E-state index in [4.69, 9.17) is 4.98 Å². The molecule has 5 aromatic rings. The first kappa shape index (κ1) is 42.6. The normalized spacial score (nSPS) is 18.5. The lowest BCUT2D eigenvalue weighted by Crippen LogP contribution is -2.47. The highest BCUT2D eigenvalue weighted by atomic mass is 19.4. The fourth-order valence-electron chi connectivity index (χ4n) is 8.82. The van der Waals surface area contributed by atoms with E-state index < -0.39 is 29.3 Å². The molecule has 3 aliphatic rings. The predicted molar refractivity (Wildman–Crippen MR) is 231 cm³/mol. The number of imide groups is 1. The summed E-state index contributed by atoms with van der Waals surface area (Å²) in [5.74, 6) is 0.0938. The molecular formula is C45H51F3N10O4. The molecule has 4 N–H and O–H groups in total. The molecule has 0 aliphatic carbocycles. The summed E-state index contributed by atoms with van der Waals surface area (Å²) < 4.78 is 46.1. The molecule has 8 rings (SSSR count). The van der Waals surface area contributed by atoms with Crippen LogP contribution >= 0.6 is 0 Å². The number of carbonyl (C=O) groups is 2. The first-order valence-corrected chi connectivity index (χ1v) is 21.1. The van der Waals surface area contributed by atoms with Gasteiger partial charge < -0.3 is 25.5 Å². The summed E-state index contributed by atoms with van der Waals surface area (Å²) in [5.41, 5.74) is 1.03. The van der Waals surface area contributed by atoms with Crippen LogP contribution < -0.4 is 26.4 Å². The van der Waals surface area contributed by atoms with Crippen molar-refractivity contribution in [3.05, 3.63) is 107 Å². The third kappa shape index (κ3) is 9.23. The lowest BCUT2D eigenvalue weighted by atomic mass is 9.85. The maximum Gasteiger partial charge on any atom is 0.416 e. The molecule has 1 atom stereocenters. The number of halogens is 3. The molecule has 1 unspecified atom stereocenters. The quantitative estimate of drug-likeness (QED) is 0.0805. The smallest absolute Gasteiger partial charge is 0.384 e. The van der Waals surface area contributed by atoms with Gasteiger partial charge in [0.1, 0.15) is 17.0 Å². The zero-order valence-electron chi connectivity index (χ0n) is 34.8. The number of pyridine rings is 1. The van der Waals surface area contributed by atoms with Crippen LogP contribution in [0.15, 0.2) is 84.3 Å². The first-order chi connectivity index (χ1) is 29.6. The largest absolute Gasteiger partial charge is 0.416 e. The number of hydrogen-bond acceptors (Lipinski definition) is 11. The number of piperidine rings is 3. The molecule has 6 heterocycles. The van der Waals surface area contributed by atoms with Crippen molar-refractivity contribution in [3.63, 3.8) is 0 Å². The van der Waals surface area contributed by atoms with Gasteiger partial charge in [-0.25, -0.2) is 19.3 Å². The molecule has 17 heteroatoms. The van der Waals surface area contributed by atoms with Crippen LogP contribution in [-0.2, 0) is 27.9 Å². The van der Waals surface area contributed by atoms with Crippen molar-refractivity contribution < 1.29 is 27.9 Å². The van der Waals surface area contributed by atoms with Crippen LogP contribution in [0.4, 0.5) is 36.2 Å². The molecule has 2 aromatic carbocycles. The Morgan fingerprint density at radius 1 is 0.919 bits per heavy atom. The van der Waals surface area contributed by atoms with Gasteiger partial charge in [-0.15, -0.1) is 6.58 Å². The highest BCUT2D eigenvalue weighted by Crippen LogP contribution is 2.41. The monoisotopic (exact) mass is 852 g/mol. The minimum Gasteiger partial charge on any atom is -0.384 e. The van der Waals surface area contributed by atoms with Crippen LogP contribution in [0.1, 0.15) is 75.1 Å². The van der Waals surface area contributed by atoms with Crippen molar-refractivity contribution in [1.29, 1.82) is 0 Å². The van der Waals surface area contributed by atoms with Crippen molar-refractivity contribution in [2.45, 2.75) is 82.7 Å². The molecule has 0 bridgehead atoms. The van der Waals surface area contributed by atoms with Gasteiger partial charge in [-0.05, 0) is 125 Å². The van der Waals surface area contributed by atoms with E-state index in [0.29, 0.717) is 52.8 Å². The van der Waals surface area contributed by atoms with Gasteiger partial charge in [-0.2, -0.15) is 18.2 Å². The SMILES string of the molecule is C=CCn1c(=O)c2cnc(Nc3ccc(N4CCC(CN5CCC(c6ccc(NC7CCC(=O)NC7=O)cc6C(F)(F)F)CC5)CC4)cc3)nc2n1-c1cccc(C(C)(C)O)n1. The maximum absolute atomic E-state index is 14.3. The van der Waals surface area contributed by atoms with E-state index in [1.807, 2.05) is 12.1 Å². The molecule has 3 aromatic heterocycles. The number of fused-ring (bicyclic) bond motifs is 1. The molecule has 0 spiro atoms. The number of rotatable bonds is 12. The zero-order chi connectivity index (χ0) is 43.8. The number of likely N-dealkylation sites (tertiary alicyclic amines) is 1. The van der Waals surface area contributed by atoms with Crippen molar-refractivity contribution in [2.24, 2.45) is 5.92 Å². The lowest BCUT2D eigenvalue weighted by molar-refractivity contribution is -0.138. The van der Waals surface area contributed by atoms with E-state index in [2.05, 4.69) is 54.4 Å². The number of aromatic nitrogens is 5. The van der Waals surface area contributed by atoms with Gasteiger partial charge in [0.05, 0.1) is 17.8 Å². The van der Waals surface area contributed by atoms with Crippen molar-refractivity contribution in [3.8, 4) is 5.82 Å². The van der Waals surface area contributed by atoms with E-state index in [0.717, 1.165) is 63.0 Å². The Balaban J connectivity index is 0.854. The Kier molecular flexibility index (Phi) is 11.9. The minimum absolute atomic E-state index is 0.136. The van der Waals surface area contributed by atoms with Crippen LogP contribution in [0, 0.1) is 5.92 Å². The summed E-state index contributed by atoms with van der Waals surface area (Å²) >= 11 is 0. The number of anilines is 4. The predicted octanol–water partition coefficient (Wildman–Crippen LogP) is 6.47. The second kappa shape index (κ2) is 17.4. The summed E-state index contributed by atoms with van der Waals surface area (Å²) in [4.78, 5) is 55.7. The molecule has 2 amide bonds. The molecule has 62 heavy (non-hydrogen) atoms. The van der Waals surface area contributed by atoms with Crippen LogP contribution in [-0.4, -0.2) is 84.9 Å². The number of benzene rings is 2. The summed E-state index contributed by atoms with van der Waals surface area (Å²) in [6, 6.07) is 16.8. The average molecular weight is 853 g/mol. The van der Waals surface area contributed by atoms with Gasteiger partial charge in [0, 0.05) is 49.3 Å². The van der Waals surface area contributed by atoms with Crippen molar-refractivity contribution in [1.82, 2.24) is 34.5 Å².